The van der Waals surface area contributed by atoms with Crippen molar-refractivity contribution in [2.24, 2.45) is 0 Å². The average molecular weight is 330 g/mol. The monoisotopic (exact) mass is 330 g/mol. The summed E-state index contributed by atoms with van der Waals surface area (Å²) in [5.74, 6) is -0.292. The Labute approximate surface area is 141 Å². The van der Waals surface area contributed by atoms with Crippen molar-refractivity contribution in [3.05, 3.63) is 65.5 Å². The molecule has 0 aromatic heterocycles. The molecule has 3 rings (SSSR count). The topological polar surface area (TPSA) is 44.7 Å². The number of anilines is 1. The second-order valence-corrected chi connectivity index (χ2v) is 5.96. The molecule has 1 aliphatic heterocycles. The van der Waals surface area contributed by atoms with Gasteiger partial charge in [0.25, 0.3) is 0 Å². The van der Waals surface area contributed by atoms with E-state index in [9.17, 15) is 9.50 Å². The largest absolute Gasteiger partial charge is 0.387 e. The lowest BCUT2D eigenvalue weighted by molar-refractivity contribution is 0.122. The van der Waals surface area contributed by atoms with Crippen LogP contribution in [0.5, 0.6) is 0 Å². The third-order valence-electron chi connectivity index (χ3n) is 4.23. The number of halogens is 1. The molecule has 2 aromatic rings. The first kappa shape index (κ1) is 16.9. The van der Waals surface area contributed by atoms with Crippen molar-refractivity contribution >= 4 is 5.69 Å². The van der Waals surface area contributed by atoms with Crippen LogP contribution in [0.25, 0.3) is 0 Å². The van der Waals surface area contributed by atoms with Crippen LogP contribution in [-0.2, 0) is 11.3 Å². The molecule has 1 saturated heterocycles. The normalized spacial score (nSPS) is 16.2. The summed E-state index contributed by atoms with van der Waals surface area (Å²) in [6.45, 7) is 4.54. The van der Waals surface area contributed by atoms with Gasteiger partial charge in [-0.15, -0.1) is 0 Å². The molecule has 2 aromatic carbocycles. The predicted octanol–water partition coefficient (Wildman–Crippen LogP) is 2.49. The Balaban J connectivity index is 1.47. The zero-order chi connectivity index (χ0) is 16.8. The number of aliphatic hydroxyl groups excluding tert-OH is 1. The fraction of sp³-hybridized carbons (Fsp3) is 0.368. The lowest BCUT2D eigenvalue weighted by atomic mass is 10.1. The van der Waals surface area contributed by atoms with Crippen molar-refractivity contribution in [2.75, 3.05) is 37.7 Å². The molecule has 24 heavy (non-hydrogen) atoms. The number of morpholine rings is 1. The molecule has 0 radical (unpaired) electrons. The molecule has 0 amide bonds. The highest BCUT2D eigenvalue weighted by Gasteiger charge is 2.11. The Hall–Kier alpha value is -1.95. The minimum Gasteiger partial charge on any atom is -0.387 e. The van der Waals surface area contributed by atoms with Gasteiger partial charge in [-0.1, -0.05) is 24.3 Å². The van der Waals surface area contributed by atoms with Gasteiger partial charge < -0.3 is 20.1 Å². The van der Waals surface area contributed by atoms with Crippen molar-refractivity contribution in [2.45, 2.75) is 12.6 Å². The van der Waals surface area contributed by atoms with Crippen LogP contribution in [0.1, 0.15) is 17.2 Å². The summed E-state index contributed by atoms with van der Waals surface area (Å²) in [4.78, 5) is 2.32. The minimum absolute atomic E-state index is 0.292. The van der Waals surface area contributed by atoms with E-state index in [1.54, 1.807) is 12.1 Å². The van der Waals surface area contributed by atoms with Crippen molar-refractivity contribution in [3.63, 3.8) is 0 Å². The van der Waals surface area contributed by atoms with E-state index in [0.717, 1.165) is 26.3 Å². The Kier molecular flexibility index (Phi) is 5.80. The molecule has 1 unspecified atom stereocenters. The van der Waals surface area contributed by atoms with Crippen LogP contribution in [0.4, 0.5) is 10.1 Å². The van der Waals surface area contributed by atoms with E-state index < -0.39 is 6.10 Å². The molecule has 128 valence electrons. The second kappa shape index (κ2) is 8.24. The van der Waals surface area contributed by atoms with Crippen LogP contribution in [0.2, 0.25) is 0 Å². The number of nitrogens with zero attached hydrogens (tertiary/aromatic N) is 1. The summed E-state index contributed by atoms with van der Waals surface area (Å²) in [7, 11) is 0. The molecule has 1 aliphatic rings. The first-order valence-electron chi connectivity index (χ1n) is 8.28. The van der Waals surface area contributed by atoms with Crippen molar-refractivity contribution in [1.82, 2.24) is 5.32 Å². The number of rotatable bonds is 6. The summed E-state index contributed by atoms with van der Waals surface area (Å²) in [5.41, 5.74) is 3.10. The van der Waals surface area contributed by atoms with Crippen LogP contribution in [0, 0.1) is 5.82 Å². The number of benzene rings is 2. The smallest absolute Gasteiger partial charge is 0.123 e. The maximum atomic E-state index is 12.9. The van der Waals surface area contributed by atoms with Crippen molar-refractivity contribution in [1.29, 1.82) is 0 Å². The van der Waals surface area contributed by atoms with Gasteiger partial charge in [-0.05, 0) is 35.4 Å². The van der Waals surface area contributed by atoms with E-state index >= 15 is 0 Å². The minimum atomic E-state index is -0.641. The van der Waals surface area contributed by atoms with Crippen LogP contribution < -0.4 is 10.2 Å². The summed E-state index contributed by atoms with van der Waals surface area (Å²) in [6.07, 6.45) is -0.641. The standard InChI is InChI=1S/C19H23FN2O2/c20-17-5-3-16(4-6-17)19(23)14-21-13-15-1-7-18(8-2-15)22-9-11-24-12-10-22/h1-8,19,21,23H,9-14H2. The molecule has 2 N–H and O–H groups in total. The van der Waals surface area contributed by atoms with Crippen LogP contribution >= 0.6 is 0 Å². The highest BCUT2D eigenvalue weighted by Crippen LogP contribution is 2.17. The van der Waals surface area contributed by atoms with Crippen LogP contribution in [0.3, 0.4) is 0 Å². The SMILES string of the molecule is OC(CNCc1ccc(N2CCOCC2)cc1)c1ccc(F)cc1. The molecule has 1 fully saturated rings. The maximum Gasteiger partial charge on any atom is 0.123 e. The average Bonchev–Trinajstić information content (AvgIpc) is 2.63. The third-order valence-corrected chi connectivity index (χ3v) is 4.23. The number of nitrogens with one attached hydrogen (secondary N) is 1. The zero-order valence-electron chi connectivity index (χ0n) is 13.6. The molecule has 1 heterocycles. The van der Waals surface area contributed by atoms with Gasteiger partial charge in [-0.3, -0.25) is 0 Å². The highest BCUT2D eigenvalue weighted by molar-refractivity contribution is 5.47. The van der Waals surface area contributed by atoms with Crippen LogP contribution in [-0.4, -0.2) is 38.0 Å². The Morgan fingerprint density at radius 3 is 2.38 bits per heavy atom. The van der Waals surface area contributed by atoms with Crippen molar-refractivity contribution < 1.29 is 14.2 Å². The first-order chi connectivity index (χ1) is 11.7. The van der Waals surface area contributed by atoms with Gasteiger partial charge in [0.15, 0.2) is 0 Å². The second-order valence-electron chi connectivity index (χ2n) is 5.96. The fourth-order valence-electron chi connectivity index (χ4n) is 2.80. The predicted molar refractivity (Wildman–Crippen MR) is 92.5 cm³/mol. The van der Waals surface area contributed by atoms with E-state index in [2.05, 4.69) is 34.5 Å². The van der Waals surface area contributed by atoms with Gasteiger partial charge >= 0.3 is 0 Å². The molecule has 1 atom stereocenters. The molecule has 0 saturated carbocycles. The fourth-order valence-corrected chi connectivity index (χ4v) is 2.80. The molecule has 4 nitrogen and oxygen atoms in total. The highest BCUT2D eigenvalue weighted by atomic mass is 19.1. The molecule has 0 spiro atoms. The van der Waals surface area contributed by atoms with Gasteiger partial charge in [-0.2, -0.15) is 0 Å². The van der Waals surface area contributed by atoms with E-state index in [-0.39, 0.29) is 5.82 Å². The molecule has 5 heteroatoms. The van der Waals surface area contributed by atoms with Gasteiger partial charge in [0.1, 0.15) is 5.82 Å². The summed E-state index contributed by atoms with van der Waals surface area (Å²) < 4.78 is 18.3. The van der Waals surface area contributed by atoms with Crippen LogP contribution in [0.15, 0.2) is 48.5 Å². The Morgan fingerprint density at radius 2 is 1.71 bits per heavy atom. The number of hydrogen-bond donors (Lipinski definition) is 2. The van der Waals surface area contributed by atoms with E-state index in [1.165, 1.54) is 23.4 Å². The Bertz CT molecular complexity index is 625. The number of ether oxygens (including phenoxy) is 1. The van der Waals surface area contributed by atoms with Gasteiger partial charge in [0.2, 0.25) is 0 Å². The number of aliphatic hydroxyl groups is 1. The summed E-state index contributed by atoms with van der Waals surface area (Å²) in [5, 5.41) is 13.3. The van der Waals surface area contributed by atoms with E-state index in [1.807, 2.05) is 0 Å². The molecule has 0 bridgehead atoms. The molecular formula is C19H23FN2O2. The van der Waals surface area contributed by atoms with Gasteiger partial charge in [0, 0.05) is 31.9 Å². The molecular weight excluding hydrogens is 307 g/mol. The van der Waals surface area contributed by atoms with Crippen molar-refractivity contribution in [3.8, 4) is 0 Å². The first-order valence-corrected chi connectivity index (χ1v) is 8.28. The Morgan fingerprint density at radius 1 is 1.04 bits per heavy atom. The molecule has 0 aliphatic carbocycles. The van der Waals surface area contributed by atoms with Gasteiger partial charge in [0.05, 0.1) is 19.3 Å². The van der Waals surface area contributed by atoms with E-state index in [4.69, 9.17) is 4.74 Å². The maximum absolute atomic E-state index is 12.9. The lowest BCUT2D eigenvalue weighted by Gasteiger charge is -2.28. The van der Waals surface area contributed by atoms with Gasteiger partial charge in [-0.25, -0.2) is 4.39 Å². The van der Waals surface area contributed by atoms with E-state index in [0.29, 0.717) is 18.7 Å². The quantitative estimate of drug-likeness (QED) is 0.854. The summed E-state index contributed by atoms with van der Waals surface area (Å²) in [6, 6.07) is 14.4. The number of hydrogen-bond acceptors (Lipinski definition) is 4. The summed E-state index contributed by atoms with van der Waals surface area (Å²) >= 11 is 0. The lowest BCUT2D eigenvalue weighted by Crippen LogP contribution is -2.36. The zero-order valence-corrected chi connectivity index (χ0v) is 13.6. The third kappa shape index (κ3) is 4.54.